The molecule has 0 saturated heterocycles. The normalized spacial score (nSPS) is 13.3. The molecule has 2 heterocycles. The minimum Gasteiger partial charge on any atom is -0.368 e. The van der Waals surface area contributed by atoms with Crippen molar-refractivity contribution in [1.29, 1.82) is 0 Å². The zero-order valence-corrected chi connectivity index (χ0v) is 16.0. The van der Waals surface area contributed by atoms with Crippen LogP contribution in [0.5, 0.6) is 0 Å². The van der Waals surface area contributed by atoms with Gasteiger partial charge >= 0.3 is 7.60 Å². The third kappa shape index (κ3) is 5.22. The van der Waals surface area contributed by atoms with E-state index in [-0.39, 0.29) is 12.5 Å². The number of ether oxygens (including phenoxy) is 1. The summed E-state index contributed by atoms with van der Waals surface area (Å²) in [5.41, 5.74) is 1.44. The summed E-state index contributed by atoms with van der Waals surface area (Å²) in [6.45, 7) is 9.32. The molecule has 0 amide bonds. The number of hydrogen-bond donors (Lipinski definition) is 1. The van der Waals surface area contributed by atoms with E-state index in [2.05, 4.69) is 20.3 Å². The van der Waals surface area contributed by atoms with Crippen LogP contribution in [0.15, 0.2) is 12.7 Å². The molecule has 0 bridgehead atoms. The number of fused-ring (bicyclic) bond motifs is 1. The number of rotatable bonds is 11. The molecule has 25 heavy (non-hydrogen) atoms. The van der Waals surface area contributed by atoms with E-state index < -0.39 is 7.60 Å². The number of nitrogens with one attached hydrogen (secondary N) is 1. The summed E-state index contributed by atoms with van der Waals surface area (Å²) < 4.78 is 30.5. The van der Waals surface area contributed by atoms with Crippen molar-refractivity contribution in [3.63, 3.8) is 0 Å². The van der Waals surface area contributed by atoms with E-state index in [9.17, 15) is 4.57 Å². The second-order valence-corrected chi connectivity index (χ2v) is 7.37. The molecule has 0 aromatic carbocycles. The molecule has 2 aromatic rings. The minimum absolute atomic E-state index is 0.0832. The van der Waals surface area contributed by atoms with Crippen molar-refractivity contribution >= 4 is 24.6 Å². The van der Waals surface area contributed by atoms with Crippen LogP contribution in [0, 0.1) is 0 Å². The van der Waals surface area contributed by atoms with Crippen molar-refractivity contribution in [3.8, 4) is 0 Å². The third-order valence-corrected chi connectivity index (χ3v) is 5.14. The monoisotopic (exact) mass is 371 g/mol. The van der Waals surface area contributed by atoms with E-state index in [0.29, 0.717) is 31.1 Å². The number of hydrogen-bond acceptors (Lipinski definition) is 8. The summed E-state index contributed by atoms with van der Waals surface area (Å²) in [5.74, 6) is 0.706. The van der Waals surface area contributed by atoms with E-state index in [1.807, 2.05) is 18.4 Å². The van der Waals surface area contributed by atoms with Gasteiger partial charge in [0.2, 0.25) is 0 Å². The lowest BCUT2D eigenvalue weighted by atomic mass is 10.4. The van der Waals surface area contributed by atoms with Gasteiger partial charge in [0.25, 0.3) is 0 Å². The molecule has 1 N–H and O–H groups in total. The molecule has 0 radical (unpaired) electrons. The Labute approximate surface area is 147 Å². The van der Waals surface area contributed by atoms with Gasteiger partial charge in [0.15, 0.2) is 11.5 Å². The molecule has 2 aromatic heterocycles. The maximum Gasteiger partial charge on any atom is 0.356 e. The topological polar surface area (TPSA) is 100 Å². The quantitative estimate of drug-likeness (QED) is 0.602. The Morgan fingerprint density at radius 1 is 1.20 bits per heavy atom. The highest BCUT2D eigenvalue weighted by Crippen LogP contribution is 2.48. The first-order valence-electron chi connectivity index (χ1n) is 8.42. The van der Waals surface area contributed by atoms with Crippen molar-refractivity contribution in [1.82, 2.24) is 19.5 Å². The van der Waals surface area contributed by atoms with E-state index in [4.69, 9.17) is 13.8 Å². The Balaban J connectivity index is 2.03. The highest BCUT2D eigenvalue weighted by Gasteiger charge is 2.25. The fraction of sp³-hybridized carbons (Fsp3) is 0.667. The lowest BCUT2D eigenvalue weighted by molar-refractivity contribution is 0.0672. The van der Waals surface area contributed by atoms with Gasteiger partial charge in [-0.3, -0.25) is 4.57 Å². The Morgan fingerprint density at radius 2 is 1.92 bits per heavy atom. The molecular weight excluding hydrogens is 345 g/mol. The molecule has 0 unspecified atom stereocenters. The Morgan fingerprint density at radius 3 is 2.56 bits per heavy atom. The van der Waals surface area contributed by atoms with Crippen LogP contribution in [-0.2, 0) is 24.9 Å². The second kappa shape index (κ2) is 9.24. The number of anilines is 1. The average Bonchev–Trinajstić information content (AvgIpc) is 2.98. The van der Waals surface area contributed by atoms with Crippen LogP contribution in [0.4, 0.5) is 5.82 Å². The van der Waals surface area contributed by atoms with Crippen molar-refractivity contribution in [2.45, 2.75) is 40.3 Å². The molecular formula is C15H26N5O4P. The largest absolute Gasteiger partial charge is 0.368 e. The highest BCUT2D eigenvalue weighted by molar-refractivity contribution is 7.53. The minimum atomic E-state index is -3.21. The van der Waals surface area contributed by atoms with Crippen molar-refractivity contribution in [2.75, 3.05) is 31.4 Å². The van der Waals surface area contributed by atoms with E-state index >= 15 is 0 Å². The lowest BCUT2D eigenvalue weighted by Crippen LogP contribution is -2.18. The molecule has 9 nitrogen and oxygen atoms in total. The molecule has 0 aliphatic carbocycles. The van der Waals surface area contributed by atoms with Gasteiger partial charge in [-0.1, -0.05) is 0 Å². The summed E-state index contributed by atoms with van der Waals surface area (Å²) >= 11 is 0. The predicted molar refractivity (Wildman–Crippen MR) is 95.8 cm³/mol. The van der Waals surface area contributed by atoms with Gasteiger partial charge < -0.3 is 23.7 Å². The summed E-state index contributed by atoms with van der Waals surface area (Å²) in [7, 11) is -3.21. The van der Waals surface area contributed by atoms with Crippen LogP contribution in [0.3, 0.4) is 0 Å². The van der Waals surface area contributed by atoms with Gasteiger partial charge in [0, 0.05) is 6.54 Å². The Bertz CT molecular complexity index is 713. The number of aromatic nitrogens is 4. The Kier molecular flexibility index (Phi) is 7.31. The van der Waals surface area contributed by atoms with Gasteiger partial charge in [-0.2, -0.15) is 0 Å². The molecule has 0 aliphatic rings. The standard InChI is InChI=1S/C15H26N5O4P/c1-5-16-14-13-15(18-9-17-14)20(10-19-13)8-12(4)22-11-25(21,23-6-2)24-7-3/h9-10,12H,5-8,11H2,1-4H3,(H,16,17,18)/t12-/m1/s1. The molecule has 0 saturated carbocycles. The van der Waals surface area contributed by atoms with Crippen LogP contribution in [0.2, 0.25) is 0 Å². The summed E-state index contributed by atoms with van der Waals surface area (Å²) in [6.07, 6.45) is 2.90. The molecule has 0 fully saturated rings. The maximum atomic E-state index is 12.4. The summed E-state index contributed by atoms with van der Waals surface area (Å²) in [4.78, 5) is 12.9. The van der Waals surface area contributed by atoms with Crippen LogP contribution in [-0.4, -0.2) is 51.7 Å². The van der Waals surface area contributed by atoms with Gasteiger partial charge in [-0.15, -0.1) is 0 Å². The van der Waals surface area contributed by atoms with Gasteiger partial charge in [0.1, 0.15) is 18.2 Å². The van der Waals surface area contributed by atoms with E-state index in [1.54, 1.807) is 20.2 Å². The average molecular weight is 371 g/mol. The van der Waals surface area contributed by atoms with Crippen molar-refractivity contribution in [2.24, 2.45) is 0 Å². The highest BCUT2D eigenvalue weighted by atomic mass is 31.2. The first kappa shape index (κ1) is 19.8. The maximum absolute atomic E-state index is 12.4. The first-order valence-corrected chi connectivity index (χ1v) is 10.1. The predicted octanol–water partition coefficient (Wildman–Crippen LogP) is 2.89. The molecule has 0 spiro atoms. The van der Waals surface area contributed by atoms with Gasteiger partial charge in [-0.25, -0.2) is 15.0 Å². The van der Waals surface area contributed by atoms with E-state index in [0.717, 1.165) is 12.2 Å². The first-order chi connectivity index (χ1) is 12.0. The fourth-order valence-corrected chi connectivity index (χ4v) is 3.81. The number of imidazole rings is 1. The Hall–Kier alpha value is -1.54. The smallest absolute Gasteiger partial charge is 0.356 e. The molecule has 0 aliphatic heterocycles. The van der Waals surface area contributed by atoms with Crippen LogP contribution in [0.1, 0.15) is 27.7 Å². The van der Waals surface area contributed by atoms with Crippen molar-refractivity contribution in [3.05, 3.63) is 12.7 Å². The molecule has 1 atom stereocenters. The lowest BCUT2D eigenvalue weighted by Gasteiger charge is -2.20. The second-order valence-electron chi connectivity index (χ2n) is 5.37. The van der Waals surface area contributed by atoms with Gasteiger partial charge in [-0.05, 0) is 27.7 Å². The molecule has 2 rings (SSSR count). The van der Waals surface area contributed by atoms with Crippen molar-refractivity contribution < 1.29 is 18.3 Å². The molecule has 10 heteroatoms. The van der Waals surface area contributed by atoms with Crippen LogP contribution >= 0.6 is 7.60 Å². The zero-order chi connectivity index (χ0) is 18.3. The summed E-state index contributed by atoms with van der Waals surface area (Å²) in [5, 5.41) is 3.16. The number of nitrogens with zero attached hydrogens (tertiary/aromatic N) is 4. The summed E-state index contributed by atoms with van der Waals surface area (Å²) in [6, 6.07) is 0. The SMILES string of the molecule is CCNc1ncnc2c1ncn2C[C@@H](C)OCP(=O)(OCC)OCC. The van der Waals surface area contributed by atoms with Crippen LogP contribution < -0.4 is 5.32 Å². The van der Waals surface area contributed by atoms with E-state index in [1.165, 1.54) is 6.33 Å². The third-order valence-electron chi connectivity index (χ3n) is 3.37. The van der Waals surface area contributed by atoms with Crippen LogP contribution in [0.25, 0.3) is 11.2 Å². The molecule has 140 valence electrons. The zero-order valence-electron chi connectivity index (χ0n) is 15.1. The fourth-order valence-electron chi connectivity index (χ4n) is 2.36. The van der Waals surface area contributed by atoms with Gasteiger partial charge in [0.05, 0.1) is 32.2 Å².